The van der Waals surface area contributed by atoms with E-state index in [1.165, 1.54) is 0 Å². The van der Waals surface area contributed by atoms with E-state index in [1.807, 2.05) is 20.8 Å². The van der Waals surface area contributed by atoms with Crippen molar-refractivity contribution in [2.24, 2.45) is 5.41 Å². The van der Waals surface area contributed by atoms with Crippen molar-refractivity contribution in [1.82, 2.24) is 10.6 Å². The SMILES string of the molecule is CCC(C)(CC)NC(=O)NCC1(C(=O)O)CC1. The predicted molar refractivity (Wildman–Crippen MR) is 64.8 cm³/mol. The summed E-state index contributed by atoms with van der Waals surface area (Å²) in [5.41, 5.74) is -0.920. The number of carbonyl (C=O) groups excluding carboxylic acids is 1. The van der Waals surface area contributed by atoms with Crippen LogP contribution in [0.3, 0.4) is 0 Å². The van der Waals surface area contributed by atoms with E-state index in [0.29, 0.717) is 12.8 Å². The maximum absolute atomic E-state index is 11.7. The lowest BCUT2D eigenvalue weighted by atomic mass is 9.96. The van der Waals surface area contributed by atoms with Crippen LogP contribution in [0.5, 0.6) is 0 Å². The average Bonchev–Trinajstić information content (AvgIpc) is 3.07. The number of amides is 2. The monoisotopic (exact) mass is 242 g/mol. The third-order valence-electron chi connectivity index (χ3n) is 3.87. The quantitative estimate of drug-likeness (QED) is 0.663. The van der Waals surface area contributed by atoms with Gasteiger partial charge in [-0.1, -0.05) is 13.8 Å². The Hall–Kier alpha value is -1.26. The topological polar surface area (TPSA) is 78.4 Å². The number of carboxylic acids is 1. The van der Waals surface area contributed by atoms with E-state index in [-0.39, 0.29) is 18.1 Å². The molecule has 3 N–H and O–H groups in total. The van der Waals surface area contributed by atoms with Gasteiger partial charge in [0.15, 0.2) is 0 Å². The molecule has 1 rings (SSSR count). The van der Waals surface area contributed by atoms with Gasteiger partial charge in [-0.05, 0) is 32.6 Å². The Morgan fingerprint density at radius 3 is 2.18 bits per heavy atom. The minimum Gasteiger partial charge on any atom is -0.481 e. The van der Waals surface area contributed by atoms with Crippen molar-refractivity contribution in [3.63, 3.8) is 0 Å². The third kappa shape index (κ3) is 3.35. The van der Waals surface area contributed by atoms with Crippen LogP contribution < -0.4 is 10.6 Å². The molecule has 0 aromatic carbocycles. The standard InChI is InChI=1S/C12H22N2O3/c1-4-11(3,5-2)14-10(17)13-8-12(6-7-12)9(15)16/h4-8H2,1-3H3,(H,15,16)(H2,13,14,17). The molecule has 0 atom stereocenters. The van der Waals surface area contributed by atoms with Gasteiger partial charge in [0.25, 0.3) is 0 Å². The molecule has 0 heterocycles. The highest BCUT2D eigenvalue weighted by Crippen LogP contribution is 2.45. The summed E-state index contributed by atoms with van der Waals surface area (Å²) in [6.07, 6.45) is 3.00. The summed E-state index contributed by atoms with van der Waals surface area (Å²) >= 11 is 0. The first-order valence-electron chi connectivity index (χ1n) is 6.17. The van der Waals surface area contributed by atoms with Crippen molar-refractivity contribution >= 4 is 12.0 Å². The molecule has 0 radical (unpaired) electrons. The number of hydrogen-bond acceptors (Lipinski definition) is 2. The smallest absolute Gasteiger partial charge is 0.315 e. The summed E-state index contributed by atoms with van der Waals surface area (Å²) < 4.78 is 0. The molecule has 17 heavy (non-hydrogen) atoms. The maximum Gasteiger partial charge on any atom is 0.315 e. The van der Waals surface area contributed by atoms with Crippen LogP contribution in [0.25, 0.3) is 0 Å². The molecule has 5 heteroatoms. The minimum absolute atomic E-state index is 0.218. The van der Waals surface area contributed by atoms with Gasteiger partial charge < -0.3 is 15.7 Å². The molecule has 0 aliphatic heterocycles. The van der Waals surface area contributed by atoms with Crippen molar-refractivity contribution in [2.75, 3.05) is 6.54 Å². The van der Waals surface area contributed by atoms with E-state index < -0.39 is 11.4 Å². The summed E-state index contributed by atoms with van der Waals surface area (Å²) in [4.78, 5) is 22.6. The van der Waals surface area contributed by atoms with Gasteiger partial charge in [0, 0.05) is 12.1 Å². The van der Waals surface area contributed by atoms with Crippen LogP contribution in [0.15, 0.2) is 0 Å². The molecule has 98 valence electrons. The normalized spacial score (nSPS) is 17.4. The molecule has 1 aliphatic rings. The van der Waals surface area contributed by atoms with Crippen molar-refractivity contribution in [2.45, 2.75) is 52.0 Å². The summed E-state index contributed by atoms with van der Waals surface area (Å²) in [6.45, 7) is 6.24. The largest absolute Gasteiger partial charge is 0.481 e. The fraction of sp³-hybridized carbons (Fsp3) is 0.833. The highest BCUT2D eigenvalue weighted by atomic mass is 16.4. The number of rotatable bonds is 6. The molecule has 0 bridgehead atoms. The highest BCUT2D eigenvalue weighted by molar-refractivity contribution is 5.80. The molecule has 1 aliphatic carbocycles. The molecule has 2 amide bonds. The van der Waals surface area contributed by atoms with E-state index in [4.69, 9.17) is 5.11 Å². The molecule has 0 unspecified atom stereocenters. The van der Waals surface area contributed by atoms with Crippen LogP contribution >= 0.6 is 0 Å². The zero-order chi connectivity index (χ0) is 13.1. The third-order valence-corrected chi connectivity index (χ3v) is 3.87. The predicted octanol–water partition coefficient (Wildman–Crippen LogP) is 1.73. The Balaban J connectivity index is 2.38. The first kappa shape index (κ1) is 13.8. The van der Waals surface area contributed by atoms with Gasteiger partial charge in [-0.2, -0.15) is 0 Å². The van der Waals surface area contributed by atoms with Gasteiger partial charge in [-0.15, -0.1) is 0 Å². The molecular formula is C12H22N2O3. The number of hydrogen-bond donors (Lipinski definition) is 3. The first-order chi connectivity index (χ1) is 7.87. The summed E-state index contributed by atoms with van der Waals surface area (Å²) in [7, 11) is 0. The van der Waals surface area contributed by atoms with Gasteiger partial charge in [0.05, 0.1) is 5.41 Å². The Morgan fingerprint density at radius 1 is 1.29 bits per heavy atom. The van der Waals surface area contributed by atoms with Crippen LogP contribution in [-0.2, 0) is 4.79 Å². The maximum atomic E-state index is 11.7. The second-order valence-corrected chi connectivity index (χ2v) is 5.16. The Bertz CT molecular complexity index is 307. The van der Waals surface area contributed by atoms with Crippen molar-refractivity contribution in [3.05, 3.63) is 0 Å². The average molecular weight is 242 g/mol. The lowest BCUT2D eigenvalue weighted by Crippen LogP contribution is -2.51. The fourth-order valence-electron chi connectivity index (χ4n) is 1.61. The Labute approximate surface area is 102 Å². The van der Waals surface area contributed by atoms with E-state index in [2.05, 4.69) is 10.6 Å². The minimum atomic E-state index is -0.813. The first-order valence-corrected chi connectivity index (χ1v) is 6.17. The van der Waals surface area contributed by atoms with E-state index >= 15 is 0 Å². The lowest BCUT2D eigenvalue weighted by molar-refractivity contribution is -0.143. The van der Waals surface area contributed by atoms with Gasteiger partial charge in [0.2, 0.25) is 0 Å². The molecule has 0 aromatic heterocycles. The van der Waals surface area contributed by atoms with Gasteiger partial charge >= 0.3 is 12.0 Å². The van der Waals surface area contributed by atoms with Crippen molar-refractivity contribution in [3.8, 4) is 0 Å². The molecule has 0 aromatic rings. The molecule has 0 spiro atoms. The van der Waals surface area contributed by atoms with Gasteiger partial charge in [-0.3, -0.25) is 4.79 Å². The van der Waals surface area contributed by atoms with Gasteiger partial charge in [0.1, 0.15) is 0 Å². The number of nitrogens with one attached hydrogen (secondary N) is 2. The molecule has 1 fully saturated rings. The van der Waals surface area contributed by atoms with Crippen molar-refractivity contribution in [1.29, 1.82) is 0 Å². The second-order valence-electron chi connectivity index (χ2n) is 5.16. The number of carboxylic acid groups (broad SMARTS) is 1. The van der Waals surface area contributed by atoms with E-state index in [9.17, 15) is 9.59 Å². The molecule has 5 nitrogen and oxygen atoms in total. The van der Waals surface area contributed by atoms with Crippen LogP contribution in [0.2, 0.25) is 0 Å². The summed E-state index contributed by atoms with van der Waals surface area (Å²) in [5.74, 6) is -0.813. The number of carbonyl (C=O) groups is 2. The fourth-order valence-corrected chi connectivity index (χ4v) is 1.61. The zero-order valence-corrected chi connectivity index (χ0v) is 10.8. The van der Waals surface area contributed by atoms with E-state index in [0.717, 1.165) is 12.8 Å². The summed E-state index contributed by atoms with van der Waals surface area (Å²) in [5, 5.41) is 14.5. The molecular weight excluding hydrogens is 220 g/mol. The Kier molecular flexibility index (Phi) is 4.01. The molecule has 1 saturated carbocycles. The van der Waals surface area contributed by atoms with Crippen LogP contribution in [0.4, 0.5) is 4.79 Å². The lowest BCUT2D eigenvalue weighted by Gasteiger charge is -2.28. The Morgan fingerprint density at radius 2 is 1.82 bits per heavy atom. The second kappa shape index (κ2) is 4.94. The van der Waals surface area contributed by atoms with Gasteiger partial charge in [-0.25, -0.2) is 4.79 Å². The van der Waals surface area contributed by atoms with E-state index in [1.54, 1.807) is 0 Å². The van der Waals surface area contributed by atoms with Crippen LogP contribution in [0.1, 0.15) is 46.5 Å². The number of aliphatic carboxylic acids is 1. The number of urea groups is 1. The van der Waals surface area contributed by atoms with Crippen molar-refractivity contribution < 1.29 is 14.7 Å². The highest BCUT2D eigenvalue weighted by Gasteiger charge is 2.50. The van der Waals surface area contributed by atoms with Crippen LogP contribution in [-0.4, -0.2) is 29.2 Å². The van der Waals surface area contributed by atoms with Crippen LogP contribution in [0, 0.1) is 5.41 Å². The zero-order valence-electron chi connectivity index (χ0n) is 10.8. The molecule has 0 saturated heterocycles. The summed E-state index contributed by atoms with van der Waals surface area (Å²) in [6, 6.07) is -0.274.